The Morgan fingerprint density at radius 1 is 0.917 bits per heavy atom. The van der Waals surface area contributed by atoms with E-state index in [-0.39, 0.29) is 6.17 Å². The summed E-state index contributed by atoms with van der Waals surface area (Å²) in [6.07, 6.45) is -0.224. The molecule has 0 amide bonds. The number of imidazole rings is 1. The summed E-state index contributed by atoms with van der Waals surface area (Å²) in [5.41, 5.74) is 9.05. The van der Waals surface area contributed by atoms with E-state index in [0.29, 0.717) is 5.96 Å². The van der Waals surface area contributed by atoms with Gasteiger partial charge >= 0.3 is 0 Å². The number of nitrogens with one attached hydrogen (secondary N) is 1. The highest BCUT2D eigenvalue weighted by Gasteiger charge is 2.24. The van der Waals surface area contributed by atoms with E-state index in [0.717, 1.165) is 22.5 Å². The van der Waals surface area contributed by atoms with E-state index in [2.05, 4.69) is 56.3 Å². The summed E-state index contributed by atoms with van der Waals surface area (Å²) in [6.45, 7) is 0. The van der Waals surface area contributed by atoms with Crippen molar-refractivity contribution >= 4 is 33.7 Å². The van der Waals surface area contributed by atoms with E-state index >= 15 is 0 Å². The maximum absolute atomic E-state index is 6.00. The Morgan fingerprint density at radius 3 is 2.62 bits per heavy atom. The van der Waals surface area contributed by atoms with Crippen LogP contribution in [0, 0.1) is 0 Å². The molecule has 2 heterocycles. The van der Waals surface area contributed by atoms with Crippen LogP contribution in [0.2, 0.25) is 0 Å². The van der Waals surface area contributed by atoms with Gasteiger partial charge in [0.05, 0.1) is 11.0 Å². The zero-order chi connectivity index (χ0) is 16.1. The largest absolute Gasteiger partial charge is 0.370 e. The number of hydrogen-bond acceptors (Lipinski definition) is 4. The topological polar surface area (TPSA) is 68.2 Å². The molecule has 0 radical (unpaired) electrons. The van der Waals surface area contributed by atoms with Crippen molar-refractivity contribution in [3.05, 3.63) is 72.3 Å². The van der Waals surface area contributed by atoms with E-state index in [1.807, 2.05) is 30.3 Å². The summed E-state index contributed by atoms with van der Waals surface area (Å²) < 4.78 is 2.09. The van der Waals surface area contributed by atoms with Gasteiger partial charge in [-0.3, -0.25) is 9.88 Å². The van der Waals surface area contributed by atoms with E-state index in [9.17, 15) is 0 Å². The molecule has 1 unspecified atom stereocenters. The number of rotatable bonds is 1. The molecule has 0 fully saturated rings. The van der Waals surface area contributed by atoms with Crippen molar-refractivity contribution in [1.82, 2.24) is 9.55 Å². The third kappa shape index (κ3) is 1.88. The summed E-state index contributed by atoms with van der Waals surface area (Å²) in [5.74, 6) is 1.11. The summed E-state index contributed by atoms with van der Waals surface area (Å²) in [4.78, 5) is 9.26. The Balaban J connectivity index is 1.76. The molecule has 116 valence electrons. The molecule has 4 aromatic rings. The summed E-state index contributed by atoms with van der Waals surface area (Å²) >= 11 is 0. The van der Waals surface area contributed by atoms with Gasteiger partial charge in [0.15, 0.2) is 12.1 Å². The smallest absolute Gasteiger partial charge is 0.212 e. The fraction of sp³-hybridized carbons (Fsp3) is 0.0526. The first-order valence-electron chi connectivity index (χ1n) is 7.85. The fourth-order valence-electron chi connectivity index (χ4n) is 3.31. The van der Waals surface area contributed by atoms with Crippen LogP contribution in [-0.2, 0) is 0 Å². The number of fused-ring (bicyclic) bond motifs is 4. The second kappa shape index (κ2) is 4.83. The Labute approximate surface area is 138 Å². The lowest BCUT2D eigenvalue weighted by molar-refractivity contribution is 0.627. The van der Waals surface area contributed by atoms with E-state index in [1.165, 1.54) is 10.8 Å². The van der Waals surface area contributed by atoms with E-state index in [1.54, 1.807) is 0 Å². The molecule has 1 aliphatic heterocycles. The van der Waals surface area contributed by atoms with Crippen LogP contribution in [0.4, 0.5) is 5.95 Å². The van der Waals surface area contributed by atoms with Crippen molar-refractivity contribution in [1.29, 1.82) is 0 Å². The molecule has 0 saturated carbocycles. The summed E-state index contributed by atoms with van der Waals surface area (Å²) in [5, 5.41) is 5.46. The SMILES string of the molecule is NC1=NC(c2ccc3ccccc3c2)n2c(nc3ccccc32)N1. The predicted octanol–water partition coefficient (Wildman–Crippen LogP) is 3.48. The molecule has 24 heavy (non-hydrogen) atoms. The third-order valence-electron chi connectivity index (χ3n) is 4.41. The van der Waals surface area contributed by atoms with Gasteiger partial charge in [-0.05, 0) is 34.5 Å². The number of aliphatic imine (C=N–C) groups is 1. The van der Waals surface area contributed by atoms with Crippen LogP contribution in [0.25, 0.3) is 21.8 Å². The zero-order valence-corrected chi connectivity index (χ0v) is 12.8. The lowest BCUT2D eigenvalue weighted by Crippen LogP contribution is -2.31. The maximum atomic E-state index is 6.00. The molecule has 5 heteroatoms. The quantitative estimate of drug-likeness (QED) is 0.565. The first kappa shape index (κ1) is 13.1. The molecule has 1 aliphatic rings. The van der Waals surface area contributed by atoms with Crippen LogP contribution in [0.3, 0.4) is 0 Å². The Hall–Kier alpha value is -3.34. The Bertz CT molecular complexity index is 1110. The number of anilines is 1. The fourth-order valence-corrected chi connectivity index (χ4v) is 3.31. The van der Waals surface area contributed by atoms with Crippen molar-refractivity contribution in [2.75, 3.05) is 5.32 Å². The number of aromatic nitrogens is 2. The average molecular weight is 313 g/mol. The van der Waals surface area contributed by atoms with Crippen LogP contribution < -0.4 is 11.1 Å². The second-order valence-electron chi connectivity index (χ2n) is 5.91. The first-order chi connectivity index (χ1) is 11.8. The molecule has 5 nitrogen and oxygen atoms in total. The second-order valence-corrected chi connectivity index (χ2v) is 5.91. The maximum Gasteiger partial charge on any atom is 0.212 e. The number of nitrogens with two attached hydrogens (primary N) is 1. The standard InChI is InChI=1S/C19H15N5/c20-18-22-17(14-10-9-12-5-1-2-6-13(12)11-14)24-16-8-4-3-7-15(16)21-19(24)23-18/h1-11,17H,(H3,20,21,22,23). The highest BCUT2D eigenvalue weighted by Crippen LogP contribution is 2.33. The van der Waals surface area contributed by atoms with Crippen molar-refractivity contribution in [2.45, 2.75) is 6.17 Å². The first-order valence-corrected chi connectivity index (χ1v) is 7.85. The van der Waals surface area contributed by atoms with Crippen LogP contribution in [0.5, 0.6) is 0 Å². The molecule has 0 saturated heterocycles. The van der Waals surface area contributed by atoms with E-state index in [4.69, 9.17) is 5.73 Å². The van der Waals surface area contributed by atoms with Gasteiger partial charge in [-0.2, -0.15) is 0 Å². The average Bonchev–Trinajstić information content (AvgIpc) is 2.98. The number of nitrogens with zero attached hydrogens (tertiary/aromatic N) is 3. The van der Waals surface area contributed by atoms with Gasteiger partial charge in [0, 0.05) is 0 Å². The molecule has 0 aliphatic carbocycles. The molecule has 0 spiro atoms. The van der Waals surface area contributed by atoms with Gasteiger partial charge in [0.1, 0.15) is 0 Å². The van der Waals surface area contributed by atoms with Crippen molar-refractivity contribution < 1.29 is 0 Å². The molecule has 1 atom stereocenters. The third-order valence-corrected chi connectivity index (χ3v) is 4.41. The summed E-state index contributed by atoms with van der Waals surface area (Å²) in [7, 11) is 0. The van der Waals surface area contributed by atoms with Gasteiger partial charge in [-0.1, -0.05) is 48.5 Å². The Morgan fingerprint density at radius 2 is 1.71 bits per heavy atom. The monoisotopic (exact) mass is 313 g/mol. The molecule has 0 bridgehead atoms. The molecule has 1 aromatic heterocycles. The van der Waals surface area contributed by atoms with Gasteiger partial charge in [-0.25, -0.2) is 9.98 Å². The molecular formula is C19H15N5. The zero-order valence-electron chi connectivity index (χ0n) is 12.8. The minimum absolute atomic E-state index is 0.224. The predicted molar refractivity (Wildman–Crippen MR) is 97.1 cm³/mol. The minimum atomic E-state index is -0.224. The highest BCUT2D eigenvalue weighted by atomic mass is 15.4. The number of para-hydroxylation sites is 2. The lowest BCUT2D eigenvalue weighted by atomic mass is 10.1. The van der Waals surface area contributed by atoms with Crippen molar-refractivity contribution in [3.63, 3.8) is 0 Å². The number of benzene rings is 3. The van der Waals surface area contributed by atoms with Crippen LogP contribution in [0.1, 0.15) is 11.7 Å². The number of hydrogen-bond donors (Lipinski definition) is 2. The summed E-state index contributed by atoms with van der Waals surface area (Å²) in [6, 6.07) is 22.7. The van der Waals surface area contributed by atoms with Gasteiger partial charge < -0.3 is 5.73 Å². The van der Waals surface area contributed by atoms with Gasteiger partial charge in [0.2, 0.25) is 5.95 Å². The van der Waals surface area contributed by atoms with E-state index < -0.39 is 0 Å². The lowest BCUT2D eigenvalue weighted by Gasteiger charge is -2.24. The van der Waals surface area contributed by atoms with Crippen LogP contribution in [0.15, 0.2) is 71.7 Å². The normalized spacial score (nSPS) is 16.7. The molecule has 3 aromatic carbocycles. The molecular weight excluding hydrogens is 298 g/mol. The molecule has 3 N–H and O–H groups in total. The van der Waals surface area contributed by atoms with Crippen molar-refractivity contribution in [2.24, 2.45) is 10.7 Å². The Kier molecular flexibility index (Phi) is 2.64. The van der Waals surface area contributed by atoms with Crippen LogP contribution >= 0.6 is 0 Å². The van der Waals surface area contributed by atoms with Gasteiger partial charge in [-0.15, -0.1) is 0 Å². The number of guanidine groups is 1. The van der Waals surface area contributed by atoms with Gasteiger partial charge in [0.25, 0.3) is 0 Å². The van der Waals surface area contributed by atoms with Crippen LogP contribution in [-0.4, -0.2) is 15.5 Å². The molecule has 5 rings (SSSR count). The highest BCUT2D eigenvalue weighted by molar-refractivity contribution is 5.95. The van der Waals surface area contributed by atoms with Crippen molar-refractivity contribution in [3.8, 4) is 0 Å². The minimum Gasteiger partial charge on any atom is -0.370 e.